The van der Waals surface area contributed by atoms with Crippen LogP contribution in [0.1, 0.15) is 0 Å². The van der Waals surface area contributed by atoms with E-state index in [4.69, 9.17) is 9.97 Å². The maximum absolute atomic E-state index is 4.75. The Hall–Kier alpha value is -2.58. The third-order valence-electron chi connectivity index (χ3n) is 3.65. The van der Waals surface area contributed by atoms with Gasteiger partial charge in [0.05, 0.1) is 5.69 Å². The van der Waals surface area contributed by atoms with E-state index < -0.39 is 0 Å². The first kappa shape index (κ1) is 16.3. The van der Waals surface area contributed by atoms with Crippen LogP contribution in [0.3, 0.4) is 0 Å². The topological polar surface area (TPSA) is 39.9 Å². The van der Waals surface area contributed by atoms with Gasteiger partial charge in [0.1, 0.15) is 0 Å². The molecule has 4 rings (SSSR count). The molecule has 0 unspecified atom stereocenters. The molecule has 0 saturated heterocycles. The number of pyridine rings is 1. The summed E-state index contributed by atoms with van der Waals surface area (Å²) >= 11 is 0. The van der Waals surface area contributed by atoms with E-state index in [1.165, 1.54) is 0 Å². The Bertz CT molecular complexity index is 847. The summed E-state index contributed by atoms with van der Waals surface area (Å²) in [6.07, 6.45) is 1.76. The molecule has 2 aromatic heterocycles. The molecule has 2 aromatic carbocycles. The summed E-state index contributed by atoms with van der Waals surface area (Å²) in [6.45, 7) is 0. The number of nitrogens with zero attached hydrogens (tertiary/aromatic N) is 3. The van der Waals surface area contributed by atoms with Gasteiger partial charge in [-0.05, 0) is 40.5 Å². The summed E-state index contributed by atoms with van der Waals surface area (Å²) < 4.78 is 0. The van der Waals surface area contributed by atoms with Gasteiger partial charge in [-0.1, -0.05) is 66.7 Å². The monoisotopic (exact) mass is 360 g/mol. The van der Waals surface area contributed by atoms with Crippen LogP contribution in [0.15, 0.2) is 85.1 Å². The Morgan fingerprint density at radius 1 is 0.667 bits per heavy atom. The van der Waals surface area contributed by atoms with Crippen molar-refractivity contribution in [2.75, 3.05) is 0 Å². The van der Waals surface area contributed by atoms with E-state index in [0.29, 0.717) is 5.82 Å². The molecule has 0 amide bonds. The maximum atomic E-state index is 4.75. The van der Waals surface area contributed by atoms with Gasteiger partial charge in [-0.25, -0.2) is 0 Å². The van der Waals surface area contributed by atoms with Crippen LogP contribution in [0.2, 0.25) is 0 Å². The smallest absolute Gasteiger partial charge is 0.0620 e. The van der Waals surface area contributed by atoms with E-state index in [9.17, 15) is 0 Å². The zero-order valence-corrected chi connectivity index (χ0v) is 16.1. The summed E-state index contributed by atoms with van der Waals surface area (Å²) in [5.41, 5.74) is 4.67. The number of imidazole rings is 1. The van der Waals surface area contributed by atoms with Crippen molar-refractivity contribution >= 4 is 0 Å². The Labute approximate surface area is 153 Å². The molecule has 0 spiro atoms. The van der Waals surface area contributed by atoms with Crippen molar-refractivity contribution in [3.8, 4) is 34.0 Å². The van der Waals surface area contributed by atoms with Crippen LogP contribution in [0.5, 0.6) is 0 Å². The number of hydrogen-bond acceptors (Lipinski definition) is 2. The van der Waals surface area contributed by atoms with Crippen molar-refractivity contribution in [2.45, 2.75) is 0 Å². The number of hydrogen-bond donors (Lipinski definition) is 0. The van der Waals surface area contributed by atoms with Gasteiger partial charge in [0.2, 0.25) is 0 Å². The summed E-state index contributed by atoms with van der Waals surface area (Å²) in [5.74, 6) is 0.656. The van der Waals surface area contributed by atoms with Gasteiger partial charge in [0.25, 0.3) is 0 Å². The molecule has 0 atom stereocenters. The van der Waals surface area contributed by atoms with E-state index in [2.05, 4.69) is 29.2 Å². The van der Waals surface area contributed by atoms with Crippen molar-refractivity contribution in [2.24, 2.45) is 0 Å². The number of benzene rings is 2. The number of aromatic nitrogens is 3. The van der Waals surface area contributed by atoms with Crippen molar-refractivity contribution in [1.29, 1.82) is 0 Å². The summed E-state index contributed by atoms with van der Waals surface area (Å²) in [5, 5.41) is 0. The molecule has 24 heavy (non-hydrogen) atoms. The molecule has 0 bridgehead atoms. The maximum Gasteiger partial charge on any atom is 0.0620 e. The molecule has 0 saturated carbocycles. The Morgan fingerprint density at radius 3 is 1.92 bits per heavy atom. The van der Waals surface area contributed by atoms with Crippen LogP contribution >= 0.6 is 0 Å². The first-order valence-electron chi connectivity index (χ1n) is 7.49. The van der Waals surface area contributed by atoms with Crippen LogP contribution in [-0.2, 0) is 19.5 Å². The standard InChI is InChI=1S/C20H14N3.Zn/c1-3-9-15(10-4-1)18-19(16-11-5-2-6-12-16)23-20(22-18)17-13-7-8-14-21-17;/h1-14H;/q-1;. The molecule has 0 radical (unpaired) electrons. The number of rotatable bonds is 3. The van der Waals surface area contributed by atoms with Crippen LogP contribution < -0.4 is 4.98 Å². The molecule has 0 N–H and O–H groups in total. The Balaban J connectivity index is 0.00000169. The molecule has 0 aliphatic carbocycles. The van der Waals surface area contributed by atoms with Gasteiger partial charge in [-0.3, -0.25) is 4.98 Å². The molecule has 0 fully saturated rings. The summed E-state index contributed by atoms with van der Waals surface area (Å²) in [4.78, 5) is 13.9. The van der Waals surface area contributed by atoms with Crippen molar-refractivity contribution in [3.05, 3.63) is 85.1 Å². The molecule has 3 nitrogen and oxygen atoms in total. The SMILES string of the molecule is [Zn].c1ccc(-c2nc(-c3ccccn3)[n-]c2-c2ccccc2)cc1. The van der Waals surface area contributed by atoms with Crippen molar-refractivity contribution in [1.82, 2.24) is 15.0 Å². The predicted octanol–water partition coefficient (Wildman–Crippen LogP) is 4.43. The van der Waals surface area contributed by atoms with Crippen molar-refractivity contribution < 1.29 is 19.5 Å². The zero-order chi connectivity index (χ0) is 15.5. The second-order valence-electron chi connectivity index (χ2n) is 5.19. The predicted molar refractivity (Wildman–Crippen MR) is 91.7 cm³/mol. The van der Waals surface area contributed by atoms with Gasteiger partial charge in [-0.2, -0.15) is 0 Å². The average molecular weight is 362 g/mol. The molecule has 112 valence electrons. The second kappa shape index (κ2) is 7.33. The minimum atomic E-state index is 0. The van der Waals surface area contributed by atoms with Crippen molar-refractivity contribution in [3.63, 3.8) is 0 Å². The van der Waals surface area contributed by atoms with Crippen LogP contribution in [0.4, 0.5) is 0 Å². The fraction of sp³-hybridized carbons (Fsp3) is 0. The second-order valence-corrected chi connectivity index (χ2v) is 5.19. The minimum Gasteiger partial charge on any atom is -0.434 e. The van der Waals surface area contributed by atoms with E-state index in [1.807, 2.05) is 54.6 Å². The van der Waals surface area contributed by atoms with E-state index in [1.54, 1.807) is 6.20 Å². The van der Waals surface area contributed by atoms with Gasteiger partial charge in [-0.15, -0.1) is 0 Å². The van der Waals surface area contributed by atoms with Gasteiger partial charge in [0, 0.05) is 25.7 Å². The quantitative estimate of drug-likeness (QED) is 0.507. The molecular formula is C20H14N3Zn-. The van der Waals surface area contributed by atoms with Crippen LogP contribution in [-0.4, -0.2) is 9.97 Å². The van der Waals surface area contributed by atoms with Gasteiger partial charge >= 0.3 is 0 Å². The summed E-state index contributed by atoms with van der Waals surface area (Å²) in [7, 11) is 0. The summed E-state index contributed by atoms with van der Waals surface area (Å²) in [6, 6.07) is 26.0. The van der Waals surface area contributed by atoms with Gasteiger partial charge in [0.15, 0.2) is 0 Å². The Kier molecular flexibility index (Phi) is 4.97. The van der Waals surface area contributed by atoms with E-state index in [0.717, 1.165) is 28.2 Å². The molecular weight excluding hydrogens is 348 g/mol. The first-order chi connectivity index (χ1) is 11.4. The van der Waals surface area contributed by atoms with E-state index >= 15 is 0 Å². The fourth-order valence-electron chi connectivity index (χ4n) is 2.55. The third kappa shape index (κ3) is 3.20. The third-order valence-corrected chi connectivity index (χ3v) is 3.65. The van der Waals surface area contributed by atoms with Crippen LogP contribution in [0, 0.1) is 0 Å². The molecule has 4 aromatic rings. The molecule has 4 heteroatoms. The first-order valence-corrected chi connectivity index (χ1v) is 7.49. The fourth-order valence-corrected chi connectivity index (χ4v) is 2.55. The van der Waals surface area contributed by atoms with E-state index in [-0.39, 0.29) is 19.5 Å². The van der Waals surface area contributed by atoms with Gasteiger partial charge < -0.3 is 9.97 Å². The Morgan fingerprint density at radius 2 is 1.29 bits per heavy atom. The molecule has 0 aliphatic rings. The minimum absolute atomic E-state index is 0. The molecule has 0 aliphatic heterocycles. The largest absolute Gasteiger partial charge is 0.434 e. The normalized spacial score (nSPS) is 10.2. The zero-order valence-electron chi connectivity index (χ0n) is 13.1. The van der Waals surface area contributed by atoms with Crippen LogP contribution in [0.25, 0.3) is 34.0 Å². The molecule has 2 heterocycles. The average Bonchev–Trinajstić information content (AvgIpc) is 3.09.